The monoisotopic (exact) mass is 452 g/mol. The van der Waals surface area contributed by atoms with Gasteiger partial charge in [0.15, 0.2) is 11.6 Å². The molecular formula is C19H23F3N8O2. The number of nitrogens with zero attached hydrogens (tertiary/aromatic N) is 3. The highest BCUT2D eigenvalue weighted by Gasteiger charge is 2.31. The van der Waals surface area contributed by atoms with Crippen molar-refractivity contribution in [1.29, 1.82) is 0 Å². The minimum absolute atomic E-state index is 0.200. The van der Waals surface area contributed by atoms with Crippen molar-refractivity contribution in [1.82, 2.24) is 19.9 Å². The minimum atomic E-state index is -4.79. The lowest BCUT2D eigenvalue weighted by atomic mass is 10.2. The molecule has 0 saturated carbocycles. The summed E-state index contributed by atoms with van der Waals surface area (Å²) in [6.07, 6.45) is -4.79. The Labute approximate surface area is 181 Å². The normalized spacial score (nSPS) is 11.3. The molecule has 0 saturated heterocycles. The van der Waals surface area contributed by atoms with Crippen LogP contribution in [0, 0.1) is 0 Å². The van der Waals surface area contributed by atoms with Crippen LogP contribution >= 0.6 is 0 Å². The molecule has 0 aliphatic heterocycles. The van der Waals surface area contributed by atoms with E-state index in [1.807, 2.05) is 4.57 Å². The van der Waals surface area contributed by atoms with Crippen LogP contribution < -0.4 is 31.7 Å². The number of imidazole rings is 1. The number of amides is 1. The van der Waals surface area contributed by atoms with Crippen LogP contribution in [0.5, 0.6) is 5.75 Å². The fourth-order valence-electron chi connectivity index (χ4n) is 3.24. The number of alkyl halides is 3. The van der Waals surface area contributed by atoms with Gasteiger partial charge in [0.2, 0.25) is 5.95 Å². The third-order valence-corrected chi connectivity index (χ3v) is 4.60. The van der Waals surface area contributed by atoms with Gasteiger partial charge in [0.1, 0.15) is 22.5 Å². The summed E-state index contributed by atoms with van der Waals surface area (Å²) < 4.78 is 42.5. The number of nitrogens with one attached hydrogen (secondary N) is 4. The van der Waals surface area contributed by atoms with Crippen LogP contribution in [-0.4, -0.2) is 54.5 Å². The average molecular weight is 452 g/mol. The van der Waals surface area contributed by atoms with Gasteiger partial charge in [0.25, 0.3) is 5.91 Å². The molecule has 0 radical (unpaired) electrons. The minimum Gasteiger partial charge on any atom is -0.406 e. The van der Waals surface area contributed by atoms with Gasteiger partial charge in [-0.15, -0.1) is 13.2 Å². The number of nitrogens with two attached hydrogens (primary N) is 1. The van der Waals surface area contributed by atoms with Gasteiger partial charge in [0.05, 0.1) is 0 Å². The number of ether oxygens (including phenoxy) is 1. The highest BCUT2D eigenvalue weighted by molar-refractivity contribution is 6.01. The third-order valence-electron chi connectivity index (χ3n) is 4.60. The molecule has 2 aromatic heterocycles. The Morgan fingerprint density at radius 1 is 1.09 bits per heavy atom. The molecule has 13 heteroatoms. The standard InChI is InChI=1S/C19H23F3N8O2/c1-24-13-14-12(15(23)29-16(13)25-2)28-18(26-3)30(14)9-8-27-17(31)10-4-6-11(7-5-10)32-19(20,21)22/h4-7,24H,8-9H2,1-3H3,(H,26,28)(H,27,31)(H3,23,25,29). The van der Waals surface area contributed by atoms with E-state index in [9.17, 15) is 18.0 Å². The van der Waals surface area contributed by atoms with Crippen molar-refractivity contribution in [2.24, 2.45) is 0 Å². The van der Waals surface area contributed by atoms with Gasteiger partial charge < -0.3 is 36.3 Å². The lowest BCUT2D eigenvalue weighted by molar-refractivity contribution is -0.274. The van der Waals surface area contributed by atoms with Crippen molar-refractivity contribution in [3.05, 3.63) is 29.8 Å². The van der Waals surface area contributed by atoms with E-state index < -0.39 is 18.0 Å². The number of pyridine rings is 1. The Hall–Kier alpha value is -3.90. The molecule has 1 amide bonds. The van der Waals surface area contributed by atoms with Crippen molar-refractivity contribution in [3.63, 3.8) is 0 Å². The van der Waals surface area contributed by atoms with E-state index in [1.54, 1.807) is 21.1 Å². The van der Waals surface area contributed by atoms with Gasteiger partial charge >= 0.3 is 6.36 Å². The van der Waals surface area contributed by atoms with Gasteiger partial charge in [-0.05, 0) is 24.3 Å². The molecule has 2 heterocycles. The van der Waals surface area contributed by atoms with E-state index in [2.05, 4.69) is 36.0 Å². The van der Waals surface area contributed by atoms with E-state index in [-0.39, 0.29) is 17.9 Å². The quantitative estimate of drug-likeness (QED) is 0.352. The fraction of sp³-hybridized carbons (Fsp3) is 0.316. The summed E-state index contributed by atoms with van der Waals surface area (Å²) in [5.74, 6) is 0.491. The Balaban J connectivity index is 1.77. The van der Waals surface area contributed by atoms with Gasteiger partial charge in [-0.3, -0.25) is 4.79 Å². The molecule has 0 atom stereocenters. The fourth-order valence-corrected chi connectivity index (χ4v) is 3.24. The summed E-state index contributed by atoms with van der Waals surface area (Å²) in [7, 11) is 5.18. The number of carbonyl (C=O) groups is 1. The van der Waals surface area contributed by atoms with E-state index in [1.165, 1.54) is 12.1 Å². The highest BCUT2D eigenvalue weighted by Crippen LogP contribution is 2.34. The SMILES string of the molecule is CNc1nc(N)c2nc(NC)n(CCNC(=O)c3ccc(OC(F)(F)F)cc3)c2c1NC. The number of rotatable bonds is 8. The Kier molecular flexibility index (Phi) is 6.46. The lowest BCUT2D eigenvalue weighted by Gasteiger charge is -2.14. The largest absolute Gasteiger partial charge is 0.573 e. The zero-order valence-corrected chi connectivity index (χ0v) is 17.6. The van der Waals surface area contributed by atoms with Crippen molar-refractivity contribution < 1.29 is 22.7 Å². The van der Waals surface area contributed by atoms with Crippen molar-refractivity contribution in [3.8, 4) is 5.75 Å². The molecule has 0 spiro atoms. The number of carbonyl (C=O) groups excluding carboxylic acids is 1. The number of benzene rings is 1. The summed E-state index contributed by atoms with van der Waals surface area (Å²) in [6.45, 7) is 0.564. The summed E-state index contributed by atoms with van der Waals surface area (Å²) in [4.78, 5) is 21.2. The maximum atomic E-state index is 12.4. The summed E-state index contributed by atoms with van der Waals surface area (Å²) >= 11 is 0. The number of aromatic nitrogens is 3. The van der Waals surface area contributed by atoms with Crippen LogP contribution in [0.4, 0.5) is 36.4 Å². The molecule has 0 unspecified atom stereocenters. The van der Waals surface area contributed by atoms with Crippen LogP contribution in [0.2, 0.25) is 0 Å². The topological polar surface area (TPSA) is 131 Å². The zero-order valence-electron chi connectivity index (χ0n) is 17.6. The molecule has 0 aliphatic rings. The first kappa shape index (κ1) is 22.8. The molecule has 10 nitrogen and oxygen atoms in total. The van der Waals surface area contributed by atoms with Crippen LogP contribution in [0.3, 0.4) is 0 Å². The van der Waals surface area contributed by atoms with Gasteiger partial charge in [-0.1, -0.05) is 0 Å². The summed E-state index contributed by atoms with van der Waals surface area (Å²) in [6, 6.07) is 4.68. The van der Waals surface area contributed by atoms with E-state index >= 15 is 0 Å². The van der Waals surface area contributed by atoms with Crippen molar-refractivity contribution >= 4 is 40.2 Å². The second-order valence-corrected chi connectivity index (χ2v) is 6.58. The third kappa shape index (κ3) is 4.71. The van der Waals surface area contributed by atoms with Crippen LogP contribution in [-0.2, 0) is 6.54 Å². The maximum absolute atomic E-state index is 12.4. The predicted molar refractivity (Wildman–Crippen MR) is 116 cm³/mol. The molecule has 0 aliphatic carbocycles. The number of hydrogen-bond acceptors (Lipinski definition) is 8. The molecule has 0 fully saturated rings. The molecule has 32 heavy (non-hydrogen) atoms. The average Bonchev–Trinajstić information content (AvgIpc) is 3.12. The molecule has 0 bridgehead atoms. The number of fused-ring (bicyclic) bond motifs is 1. The van der Waals surface area contributed by atoms with E-state index in [4.69, 9.17) is 5.73 Å². The maximum Gasteiger partial charge on any atom is 0.573 e. The smallest absolute Gasteiger partial charge is 0.406 e. The molecule has 1 aromatic carbocycles. The predicted octanol–water partition coefficient (Wildman–Crippen LogP) is 2.47. The molecule has 3 aromatic rings. The second kappa shape index (κ2) is 9.08. The number of nitrogen functional groups attached to an aromatic ring is 1. The molecule has 3 rings (SSSR count). The lowest BCUT2D eigenvalue weighted by Crippen LogP contribution is -2.27. The Morgan fingerprint density at radius 3 is 2.34 bits per heavy atom. The summed E-state index contributed by atoms with van der Waals surface area (Å²) in [5.41, 5.74) is 8.16. The second-order valence-electron chi connectivity index (χ2n) is 6.58. The van der Waals surface area contributed by atoms with E-state index in [0.29, 0.717) is 35.0 Å². The number of hydrogen-bond donors (Lipinski definition) is 5. The number of halogens is 3. The first-order chi connectivity index (χ1) is 15.2. The summed E-state index contributed by atoms with van der Waals surface area (Å²) in [5, 5.41) is 11.8. The van der Waals surface area contributed by atoms with Crippen LogP contribution in [0.1, 0.15) is 10.4 Å². The molecule has 6 N–H and O–H groups in total. The van der Waals surface area contributed by atoms with Gasteiger partial charge in [0, 0.05) is 39.8 Å². The Morgan fingerprint density at radius 2 is 1.78 bits per heavy atom. The van der Waals surface area contributed by atoms with E-state index in [0.717, 1.165) is 12.1 Å². The molecule has 172 valence electrons. The van der Waals surface area contributed by atoms with Crippen LogP contribution in [0.25, 0.3) is 11.0 Å². The molecular weight excluding hydrogens is 429 g/mol. The van der Waals surface area contributed by atoms with Crippen molar-refractivity contribution in [2.45, 2.75) is 12.9 Å². The van der Waals surface area contributed by atoms with Crippen molar-refractivity contribution in [2.75, 3.05) is 49.4 Å². The Bertz CT molecular complexity index is 1110. The van der Waals surface area contributed by atoms with Crippen LogP contribution in [0.15, 0.2) is 24.3 Å². The number of anilines is 4. The zero-order chi connectivity index (χ0) is 23.5. The first-order valence-corrected chi connectivity index (χ1v) is 9.55. The first-order valence-electron chi connectivity index (χ1n) is 9.55. The highest BCUT2D eigenvalue weighted by atomic mass is 19.4. The van der Waals surface area contributed by atoms with Gasteiger partial charge in [-0.2, -0.15) is 0 Å². The van der Waals surface area contributed by atoms with Gasteiger partial charge in [-0.25, -0.2) is 9.97 Å².